The van der Waals surface area contributed by atoms with Crippen LogP contribution in [0.1, 0.15) is 45.5 Å². The second-order valence-electron chi connectivity index (χ2n) is 6.39. The van der Waals surface area contributed by atoms with Gasteiger partial charge in [-0.2, -0.15) is 9.97 Å². The summed E-state index contributed by atoms with van der Waals surface area (Å²) in [7, 11) is 0. The number of aromatic nitrogens is 2. The second-order valence-corrected chi connectivity index (χ2v) is 7.26. The third kappa shape index (κ3) is 3.94. The van der Waals surface area contributed by atoms with Crippen LogP contribution in [-0.4, -0.2) is 21.2 Å². The molecule has 0 aliphatic heterocycles. The second kappa shape index (κ2) is 6.02. The highest BCUT2D eigenvalue weighted by Gasteiger charge is 2.27. The van der Waals surface area contributed by atoms with E-state index >= 15 is 0 Å². The van der Waals surface area contributed by atoms with E-state index in [9.17, 15) is 4.79 Å². The lowest BCUT2D eigenvalue weighted by molar-refractivity contribution is 0.579. The van der Waals surface area contributed by atoms with Crippen molar-refractivity contribution in [3.63, 3.8) is 0 Å². The van der Waals surface area contributed by atoms with Gasteiger partial charge in [0.05, 0.1) is 22.7 Å². The fourth-order valence-corrected chi connectivity index (χ4v) is 2.95. The first-order chi connectivity index (χ1) is 9.78. The smallest absolute Gasteiger partial charge is 0.283 e. The molecule has 0 fully saturated rings. The first kappa shape index (κ1) is 15.8. The maximum absolute atomic E-state index is 11.4. The van der Waals surface area contributed by atoms with Crippen LogP contribution in [0.2, 0.25) is 0 Å². The zero-order valence-electron chi connectivity index (χ0n) is 13.1. The molecule has 0 bridgehead atoms. The van der Waals surface area contributed by atoms with Crippen molar-refractivity contribution in [3.05, 3.63) is 44.8 Å². The quantitative estimate of drug-likeness (QED) is 0.841. The summed E-state index contributed by atoms with van der Waals surface area (Å²) in [6, 6.07) is 0. The Kier molecular flexibility index (Phi) is 4.52. The van der Waals surface area contributed by atoms with Crippen molar-refractivity contribution >= 4 is 17.0 Å². The molecule has 1 unspecified atom stereocenters. The Bertz CT molecular complexity index is 663. The summed E-state index contributed by atoms with van der Waals surface area (Å²) in [6.45, 7) is 10.5. The lowest BCUT2D eigenvalue weighted by Gasteiger charge is -2.26. The molecule has 0 spiro atoms. The molecule has 1 aliphatic carbocycles. The van der Waals surface area contributed by atoms with Crippen LogP contribution in [0.5, 0.6) is 0 Å². The van der Waals surface area contributed by atoms with Crippen LogP contribution >= 0.6 is 11.3 Å². The van der Waals surface area contributed by atoms with E-state index in [1.165, 1.54) is 16.9 Å². The third-order valence-electron chi connectivity index (χ3n) is 3.06. The predicted octanol–water partition coefficient (Wildman–Crippen LogP) is 3.37. The molecule has 0 amide bonds. The zero-order chi connectivity index (χ0) is 15.6. The predicted molar refractivity (Wildman–Crippen MR) is 88.2 cm³/mol. The number of allylic oxidation sites excluding steroid dienone is 4. The van der Waals surface area contributed by atoms with Crippen molar-refractivity contribution in [2.24, 2.45) is 10.9 Å². The molecule has 1 heterocycles. The molecule has 4 nitrogen and oxygen atoms in total. The van der Waals surface area contributed by atoms with Gasteiger partial charge < -0.3 is 0 Å². The fourth-order valence-electron chi connectivity index (χ4n) is 2.23. The Morgan fingerprint density at radius 1 is 1.33 bits per heavy atom. The van der Waals surface area contributed by atoms with E-state index in [0.29, 0.717) is 5.92 Å². The molecule has 1 atom stereocenters. The first-order valence-corrected chi connectivity index (χ1v) is 7.96. The van der Waals surface area contributed by atoms with Crippen LogP contribution in [0.25, 0.3) is 0 Å². The van der Waals surface area contributed by atoms with Crippen LogP contribution in [0.15, 0.2) is 39.1 Å². The van der Waals surface area contributed by atoms with Crippen molar-refractivity contribution < 1.29 is 0 Å². The van der Waals surface area contributed by atoms with E-state index in [4.69, 9.17) is 4.99 Å². The van der Waals surface area contributed by atoms with Crippen molar-refractivity contribution in [1.29, 1.82) is 0 Å². The van der Waals surface area contributed by atoms with Crippen LogP contribution in [0.4, 0.5) is 0 Å². The van der Waals surface area contributed by atoms with Gasteiger partial charge >= 0.3 is 5.69 Å². The summed E-state index contributed by atoms with van der Waals surface area (Å²) in [6.07, 6.45) is 6.19. The average Bonchev–Trinajstić information content (AvgIpc) is 2.36. The molecule has 1 aliphatic rings. The summed E-state index contributed by atoms with van der Waals surface area (Å²) in [5.74, 6) is 0.310. The minimum atomic E-state index is -0.437. The van der Waals surface area contributed by atoms with Gasteiger partial charge in [0.1, 0.15) is 5.01 Å². The molecule has 112 valence electrons. The minimum Gasteiger partial charge on any atom is -0.283 e. The number of aliphatic imine (C=N–C) groups is 1. The van der Waals surface area contributed by atoms with Crippen LogP contribution < -0.4 is 5.69 Å². The highest BCUT2D eigenvalue weighted by molar-refractivity contribution is 7.09. The fraction of sp³-hybridized carbons (Fsp3) is 0.500. The SMILES string of the molecule is CC(C)C1=CC=CC(c2nc(=O)ncs2)C1=NC(C)(C)C. The molecule has 1 aromatic rings. The highest BCUT2D eigenvalue weighted by atomic mass is 32.1. The van der Waals surface area contributed by atoms with E-state index in [1.54, 1.807) is 5.51 Å². The lowest BCUT2D eigenvalue weighted by Crippen LogP contribution is -2.25. The minimum absolute atomic E-state index is 0.0627. The summed E-state index contributed by atoms with van der Waals surface area (Å²) in [4.78, 5) is 24.1. The van der Waals surface area contributed by atoms with Gasteiger partial charge in [-0.05, 0) is 32.3 Å². The maximum atomic E-state index is 11.4. The van der Waals surface area contributed by atoms with E-state index in [1.807, 2.05) is 6.08 Å². The summed E-state index contributed by atoms with van der Waals surface area (Å²) >= 11 is 1.40. The largest absolute Gasteiger partial charge is 0.368 e. The van der Waals surface area contributed by atoms with Gasteiger partial charge in [-0.1, -0.05) is 32.1 Å². The molecule has 1 aromatic heterocycles. The maximum Gasteiger partial charge on any atom is 0.368 e. The van der Waals surface area contributed by atoms with Gasteiger partial charge in [0.25, 0.3) is 0 Å². The monoisotopic (exact) mass is 303 g/mol. The Balaban J connectivity index is 2.54. The number of hydrogen-bond acceptors (Lipinski definition) is 5. The summed E-state index contributed by atoms with van der Waals surface area (Å²) in [5.41, 5.74) is 3.16. The van der Waals surface area contributed by atoms with Gasteiger partial charge in [0.15, 0.2) is 0 Å². The Labute approximate surface area is 129 Å². The number of rotatable bonds is 2. The van der Waals surface area contributed by atoms with Gasteiger partial charge in [0.2, 0.25) is 0 Å². The van der Waals surface area contributed by atoms with E-state index in [0.717, 1.165) is 10.7 Å². The van der Waals surface area contributed by atoms with Crippen LogP contribution in [0, 0.1) is 5.92 Å². The van der Waals surface area contributed by atoms with Crippen LogP contribution in [0.3, 0.4) is 0 Å². The molecule has 0 radical (unpaired) electrons. The molecule has 0 saturated carbocycles. The highest BCUT2D eigenvalue weighted by Crippen LogP contribution is 2.31. The molecular formula is C16H21N3OS. The molecule has 2 rings (SSSR count). The summed E-state index contributed by atoms with van der Waals surface area (Å²) < 4.78 is 0. The number of nitrogens with zero attached hydrogens (tertiary/aromatic N) is 3. The lowest BCUT2D eigenvalue weighted by atomic mass is 9.85. The van der Waals surface area contributed by atoms with Gasteiger partial charge in [0, 0.05) is 0 Å². The molecule has 0 saturated heterocycles. The van der Waals surface area contributed by atoms with Crippen LogP contribution in [-0.2, 0) is 0 Å². The van der Waals surface area contributed by atoms with Crippen molar-refractivity contribution in [2.45, 2.75) is 46.1 Å². The third-order valence-corrected chi connectivity index (χ3v) is 3.85. The molecule has 5 heteroatoms. The van der Waals surface area contributed by atoms with E-state index in [-0.39, 0.29) is 11.5 Å². The number of hydrogen-bond donors (Lipinski definition) is 0. The standard InChI is InChI=1S/C16H21N3OS/c1-10(2)11-7-6-8-12(13(11)19-16(3,4)5)14-18-15(20)17-9-21-14/h6-10,12H,1-5H3. The Morgan fingerprint density at radius 2 is 2.05 bits per heavy atom. The molecular weight excluding hydrogens is 282 g/mol. The molecule has 0 aromatic carbocycles. The first-order valence-electron chi connectivity index (χ1n) is 7.08. The van der Waals surface area contributed by atoms with Gasteiger partial charge in [-0.15, -0.1) is 11.3 Å². The van der Waals surface area contributed by atoms with Gasteiger partial charge in [-0.25, -0.2) is 4.79 Å². The zero-order valence-corrected chi connectivity index (χ0v) is 13.9. The van der Waals surface area contributed by atoms with Crippen molar-refractivity contribution in [1.82, 2.24) is 9.97 Å². The topological polar surface area (TPSA) is 55.2 Å². The van der Waals surface area contributed by atoms with Crippen molar-refractivity contribution in [2.75, 3.05) is 0 Å². The van der Waals surface area contributed by atoms with Crippen molar-refractivity contribution in [3.8, 4) is 0 Å². The molecule has 0 N–H and O–H groups in total. The Hall–Kier alpha value is -1.62. The Morgan fingerprint density at radius 3 is 2.62 bits per heavy atom. The van der Waals surface area contributed by atoms with E-state index in [2.05, 4.69) is 56.7 Å². The average molecular weight is 303 g/mol. The normalized spacial score (nSPS) is 21.0. The van der Waals surface area contributed by atoms with Gasteiger partial charge in [-0.3, -0.25) is 4.99 Å². The summed E-state index contributed by atoms with van der Waals surface area (Å²) in [5, 5.41) is 0.750. The van der Waals surface area contributed by atoms with E-state index < -0.39 is 5.69 Å². The molecule has 21 heavy (non-hydrogen) atoms.